The van der Waals surface area contributed by atoms with E-state index in [9.17, 15) is 9.59 Å². The van der Waals surface area contributed by atoms with Crippen molar-refractivity contribution in [3.63, 3.8) is 0 Å². The maximum Gasteiger partial charge on any atom is 0.274 e. The molecule has 5 nitrogen and oxygen atoms in total. The minimum atomic E-state index is -0.404. The summed E-state index contributed by atoms with van der Waals surface area (Å²) in [7, 11) is 0. The van der Waals surface area contributed by atoms with Crippen LogP contribution in [0.1, 0.15) is 37.5 Å². The van der Waals surface area contributed by atoms with Gasteiger partial charge in [-0.2, -0.15) is 0 Å². The summed E-state index contributed by atoms with van der Waals surface area (Å²) in [5, 5.41) is 6.17. The summed E-state index contributed by atoms with van der Waals surface area (Å²) >= 11 is 5.99. The van der Waals surface area contributed by atoms with Crippen molar-refractivity contribution in [1.82, 2.24) is 10.3 Å². The minimum absolute atomic E-state index is 0.155. The lowest BCUT2D eigenvalue weighted by Crippen LogP contribution is -2.23. The molecule has 6 heteroatoms. The zero-order valence-electron chi connectivity index (χ0n) is 15.6. The number of aryl methyl sites for hydroxylation is 2. The molecule has 3 rings (SSSR count). The Morgan fingerprint density at radius 1 is 1.00 bits per heavy atom. The van der Waals surface area contributed by atoms with Crippen LogP contribution in [0.4, 0.5) is 5.69 Å². The van der Waals surface area contributed by atoms with Crippen LogP contribution in [0.2, 0.25) is 5.02 Å². The van der Waals surface area contributed by atoms with Crippen LogP contribution in [0.25, 0.3) is 0 Å². The zero-order chi connectivity index (χ0) is 20.1. The summed E-state index contributed by atoms with van der Waals surface area (Å²) in [6, 6.07) is 16.2. The van der Waals surface area contributed by atoms with E-state index in [4.69, 9.17) is 11.6 Å². The highest BCUT2D eigenvalue weighted by Gasteiger charge is 2.13. The number of hydrogen-bond donors (Lipinski definition) is 2. The van der Waals surface area contributed by atoms with Crippen molar-refractivity contribution in [3.8, 4) is 0 Å². The van der Waals surface area contributed by atoms with E-state index in [1.54, 1.807) is 18.2 Å². The number of nitrogens with one attached hydrogen (secondary N) is 2. The predicted molar refractivity (Wildman–Crippen MR) is 111 cm³/mol. The van der Waals surface area contributed by atoms with Gasteiger partial charge in [-0.1, -0.05) is 47.5 Å². The SMILES string of the molecule is Cc1cccc(CNC(=O)c2ccnc(C(=O)Nc3cc(Cl)ccc3C)c2)c1. The highest BCUT2D eigenvalue weighted by atomic mass is 35.5. The molecule has 1 aromatic heterocycles. The van der Waals surface area contributed by atoms with E-state index in [0.717, 1.165) is 16.7 Å². The Hall–Kier alpha value is -3.18. The van der Waals surface area contributed by atoms with E-state index in [1.807, 2.05) is 44.2 Å². The second kappa shape index (κ2) is 8.67. The second-order valence-electron chi connectivity index (χ2n) is 6.51. The van der Waals surface area contributed by atoms with Gasteiger partial charge in [0.05, 0.1) is 0 Å². The average Bonchev–Trinajstić information content (AvgIpc) is 2.69. The molecule has 0 spiro atoms. The van der Waals surface area contributed by atoms with Crippen molar-refractivity contribution < 1.29 is 9.59 Å². The van der Waals surface area contributed by atoms with Gasteiger partial charge in [0.2, 0.25) is 0 Å². The average molecular weight is 394 g/mol. The number of carbonyl (C=O) groups excluding carboxylic acids is 2. The summed E-state index contributed by atoms with van der Waals surface area (Å²) in [6.45, 7) is 4.28. The minimum Gasteiger partial charge on any atom is -0.348 e. The number of rotatable bonds is 5. The van der Waals surface area contributed by atoms with Crippen molar-refractivity contribution in [2.45, 2.75) is 20.4 Å². The lowest BCUT2D eigenvalue weighted by Gasteiger charge is -2.10. The molecule has 0 unspecified atom stereocenters. The van der Waals surface area contributed by atoms with Gasteiger partial charge in [-0.05, 0) is 49.2 Å². The number of benzene rings is 2. The van der Waals surface area contributed by atoms with Crippen LogP contribution in [0, 0.1) is 13.8 Å². The predicted octanol–water partition coefficient (Wildman–Crippen LogP) is 4.53. The molecule has 0 aliphatic heterocycles. The largest absolute Gasteiger partial charge is 0.348 e. The Labute approximate surface area is 168 Å². The first kappa shape index (κ1) is 19.6. The fourth-order valence-electron chi connectivity index (χ4n) is 2.72. The molecule has 0 saturated carbocycles. The summed E-state index contributed by atoms with van der Waals surface area (Å²) in [5.41, 5.74) is 4.15. The molecule has 0 aliphatic carbocycles. The molecule has 2 N–H and O–H groups in total. The van der Waals surface area contributed by atoms with Crippen LogP contribution < -0.4 is 10.6 Å². The third-order valence-corrected chi connectivity index (χ3v) is 4.47. The van der Waals surface area contributed by atoms with E-state index in [0.29, 0.717) is 22.8 Å². The quantitative estimate of drug-likeness (QED) is 0.668. The standard InChI is InChI=1S/C22H20ClN3O2/c1-14-4-3-5-16(10-14)13-25-21(27)17-8-9-24-20(11-17)22(28)26-19-12-18(23)7-6-15(19)2/h3-12H,13H2,1-2H3,(H,25,27)(H,26,28). The first-order valence-electron chi connectivity index (χ1n) is 8.79. The van der Waals surface area contributed by atoms with Gasteiger partial charge in [-0.15, -0.1) is 0 Å². The number of nitrogens with zero attached hydrogens (tertiary/aromatic N) is 1. The molecule has 0 bridgehead atoms. The van der Waals surface area contributed by atoms with Crippen molar-refractivity contribution in [1.29, 1.82) is 0 Å². The van der Waals surface area contributed by atoms with E-state index in [1.165, 1.54) is 12.3 Å². The Morgan fingerprint density at radius 3 is 2.61 bits per heavy atom. The molecule has 0 atom stereocenters. The second-order valence-corrected chi connectivity index (χ2v) is 6.95. The molecule has 3 aromatic rings. The maximum atomic E-state index is 12.5. The smallest absolute Gasteiger partial charge is 0.274 e. The van der Waals surface area contributed by atoms with Crippen LogP contribution in [0.5, 0.6) is 0 Å². The monoisotopic (exact) mass is 393 g/mol. The number of carbonyl (C=O) groups is 2. The Bertz CT molecular complexity index is 1030. The van der Waals surface area contributed by atoms with E-state index >= 15 is 0 Å². The first-order chi connectivity index (χ1) is 13.4. The maximum absolute atomic E-state index is 12.5. The zero-order valence-corrected chi connectivity index (χ0v) is 16.4. The van der Waals surface area contributed by atoms with Gasteiger partial charge in [0.1, 0.15) is 5.69 Å². The third-order valence-electron chi connectivity index (χ3n) is 4.24. The van der Waals surface area contributed by atoms with Gasteiger partial charge in [0.15, 0.2) is 0 Å². The van der Waals surface area contributed by atoms with Gasteiger partial charge in [-0.25, -0.2) is 0 Å². The van der Waals surface area contributed by atoms with Gasteiger partial charge >= 0.3 is 0 Å². The molecule has 2 amide bonds. The van der Waals surface area contributed by atoms with Crippen LogP contribution in [-0.4, -0.2) is 16.8 Å². The van der Waals surface area contributed by atoms with Crippen molar-refractivity contribution in [2.24, 2.45) is 0 Å². The van der Waals surface area contributed by atoms with Crippen LogP contribution in [0.3, 0.4) is 0 Å². The Kier molecular flexibility index (Phi) is 6.06. The van der Waals surface area contributed by atoms with Crippen molar-refractivity contribution in [2.75, 3.05) is 5.32 Å². The molecule has 0 fully saturated rings. The Balaban J connectivity index is 1.69. The van der Waals surface area contributed by atoms with Crippen molar-refractivity contribution in [3.05, 3.63) is 93.8 Å². The molecule has 1 heterocycles. The molecule has 0 saturated heterocycles. The number of anilines is 1. The van der Waals surface area contributed by atoms with Gasteiger partial charge in [-0.3, -0.25) is 14.6 Å². The fourth-order valence-corrected chi connectivity index (χ4v) is 2.89. The fraction of sp³-hybridized carbons (Fsp3) is 0.136. The van der Waals surface area contributed by atoms with Gasteiger partial charge < -0.3 is 10.6 Å². The molecular weight excluding hydrogens is 374 g/mol. The summed E-state index contributed by atoms with van der Waals surface area (Å²) in [6.07, 6.45) is 1.45. The topological polar surface area (TPSA) is 71.1 Å². The van der Waals surface area contributed by atoms with E-state index in [2.05, 4.69) is 15.6 Å². The molecular formula is C22H20ClN3O2. The van der Waals surface area contributed by atoms with E-state index < -0.39 is 5.91 Å². The lowest BCUT2D eigenvalue weighted by molar-refractivity contribution is 0.0950. The molecule has 142 valence electrons. The molecule has 0 radical (unpaired) electrons. The molecule has 0 aliphatic rings. The first-order valence-corrected chi connectivity index (χ1v) is 9.17. The lowest BCUT2D eigenvalue weighted by atomic mass is 10.1. The number of amides is 2. The number of hydrogen-bond acceptors (Lipinski definition) is 3. The summed E-state index contributed by atoms with van der Waals surface area (Å²) < 4.78 is 0. The number of aromatic nitrogens is 1. The summed E-state index contributed by atoms with van der Waals surface area (Å²) in [4.78, 5) is 29.0. The normalized spacial score (nSPS) is 10.4. The summed E-state index contributed by atoms with van der Waals surface area (Å²) in [5.74, 6) is -0.671. The number of halogens is 1. The third kappa shape index (κ3) is 4.96. The van der Waals surface area contributed by atoms with Gasteiger partial charge in [0.25, 0.3) is 11.8 Å². The van der Waals surface area contributed by atoms with Crippen LogP contribution in [0.15, 0.2) is 60.8 Å². The van der Waals surface area contributed by atoms with Crippen molar-refractivity contribution >= 4 is 29.1 Å². The van der Waals surface area contributed by atoms with Gasteiger partial charge in [0, 0.05) is 29.0 Å². The molecule has 2 aromatic carbocycles. The Morgan fingerprint density at radius 2 is 1.82 bits per heavy atom. The molecule has 28 heavy (non-hydrogen) atoms. The van der Waals surface area contributed by atoms with Crippen LogP contribution in [-0.2, 0) is 6.54 Å². The highest BCUT2D eigenvalue weighted by molar-refractivity contribution is 6.31. The highest BCUT2D eigenvalue weighted by Crippen LogP contribution is 2.20. The van der Waals surface area contributed by atoms with E-state index in [-0.39, 0.29) is 11.6 Å². The van der Waals surface area contributed by atoms with Crippen LogP contribution >= 0.6 is 11.6 Å². The number of pyridine rings is 1.